The van der Waals surface area contributed by atoms with Crippen LogP contribution in [0, 0.1) is 13.8 Å². The largest absolute Gasteiger partial charge is 0.399 e. The van der Waals surface area contributed by atoms with Gasteiger partial charge in [0, 0.05) is 15.8 Å². The average molecular weight is 372 g/mol. The predicted octanol–water partition coefficient (Wildman–Crippen LogP) is 4.26. The van der Waals surface area contributed by atoms with E-state index in [1.165, 1.54) is 0 Å². The Morgan fingerprint density at radius 2 is 1.52 bits per heavy atom. The lowest BCUT2D eigenvalue weighted by molar-refractivity contribution is 0.928. The topological polar surface area (TPSA) is 76.7 Å². The number of rotatable bonds is 2. The number of nitrogen functional groups attached to an aromatic ring is 1. The maximum absolute atomic E-state index is 5.36. The summed E-state index contributed by atoms with van der Waals surface area (Å²) < 4.78 is 1.01. The monoisotopic (exact) mass is 371 g/mol. The minimum absolute atomic E-state index is 0.572. The molecule has 1 heterocycles. The third kappa shape index (κ3) is 6.04. The van der Waals surface area contributed by atoms with Crippen LogP contribution in [0.2, 0.25) is 0 Å². The third-order valence-electron chi connectivity index (χ3n) is 2.74. The first-order valence-electron chi connectivity index (χ1n) is 7.05. The molecule has 0 amide bonds. The number of para-hydroxylation sites is 1. The molecule has 0 aliphatic heterocycles. The molecule has 1 aromatic heterocycles. The molecule has 23 heavy (non-hydrogen) atoms. The summed E-state index contributed by atoms with van der Waals surface area (Å²) in [6.07, 6.45) is 0. The highest BCUT2D eigenvalue weighted by Gasteiger charge is 2.01. The predicted molar refractivity (Wildman–Crippen MR) is 97.6 cm³/mol. The van der Waals surface area contributed by atoms with Gasteiger partial charge in [-0.25, -0.2) is 4.98 Å². The fraction of sp³-hybridized carbons (Fsp3) is 0.118. The Morgan fingerprint density at radius 1 is 0.870 bits per heavy atom. The van der Waals surface area contributed by atoms with Crippen LogP contribution in [0.4, 0.5) is 17.3 Å². The van der Waals surface area contributed by atoms with Gasteiger partial charge in [0.1, 0.15) is 11.6 Å². The van der Waals surface area contributed by atoms with Gasteiger partial charge in [-0.05, 0) is 44.2 Å². The van der Waals surface area contributed by atoms with Crippen molar-refractivity contribution in [3.63, 3.8) is 0 Å². The first-order valence-corrected chi connectivity index (χ1v) is 7.84. The number of nitrogens with one attached hydrogen (secondary N) is 1. The van der Waals surface area contributed by atoms with Crippen LogP contribution in [0.3, 0.4) is 0 Å². The molecule has 118 valence electrons. The molecule has 0 atom stereocenters. The molecule has 0 unspecified atom stereocenters. The Bertz CT molecular complexity index is 742. The highest BCUT2D eigenvalue weighted by molar-refractivity contribution is 9.10. The van der Waals surface area contributed by atoms with Crippen molar-refractivity contribution in [2.75, 3.05) is 11.1 Å². The Labute approximate surface area is 144 Å². The Kier molecular flexibility index (Phi) is 6.05. The zero-order valence-electron chi connectivity index (χ0n) is 13.0. The van der Waals surface area contributed by atoms with Crippen molar-refractivity contribution in [3.8, 4) is 0 Å². The van der Waals surface area contributed by atoms with Gasteiger partial charge in [-0.3, -0.25) is 0 Å². The number of hydrogen-bond donors (Lipinski definition) is 2. The van der Waals surface area contributed by atoms with E-state index in [0.29, 0.717) is 17.6 Å². The van der Waals surface area contributed by atoms with Crippen molar-refractivity contribution >= 4 is 33.3 Å². The van der Waals surface area contributed by atoms with Crippen molar-refractivity contribution in [3.05, 3.63) is 70.7 Å². The standard InChI is InChI=1S/C11H11BrN4.C6H7N/c1-7-13-8(2)15-11(14-7)16-10-5-3-4-9(12)6-10;7-6-4-2-1-3-5-6/h3-6H,1-2H3,(H,13,14,15,16);1-5H,7H2. The van der Waals surface area contributed by atoms with E-state index in [9.17, 15) is 0 Å². The van der Waals surface area contributed by atoms with Crippen LogP contribution < -0.4 is 11.1 Å². The summed E-state index contributed by atoms with van der Waals surface area (Å²) in [6.45, 7) is 3.70. The fourth-order valence-corrected chi connectivity index (χ4v) is 2.22. The quantitative estimate of drug-likeness (QED) is 0.658. The van der Waals surface area contributed by atoms with E-state index in [1.54, 1.807) is 0 Å². The number of aryl methyl sites for hydroxylation is 2. The van der Waals surface area contributed by atoms with E-state index < -0.39 is 0 Å². The van der Waals surface area contributed by atoms with Crippen LogP contribution in [-0.4, -0.2) is 15.0 Å². The van der Waals surface area contributed by atoms with Crippen molar-refractivity contribution in [2.24, 2.45) is 0 Å². The summed E-state index contributed by atoms with van der Waals surface area (Å²) in [7, 11) is 0. The molecular formula is C17H18BrN5. The van der Waals surface area contributed by atoms with Crippen molar-refractivity contribution < 1.29 is 0 Å². The van der Waals surface area contributed by atoms with Gasteiger partial charge >= 0.3 is 0 Å². The molecule has 0 aliphatic carbocycles. The van der Waals surface area contributed by atoms with Gasteiger partial charge in [0.15, 0.2) is 0 Å². The van der Waals surface area contributed by atoms with E-state index >= 15 is 0 Å². The number of nitrogens with two attached hydrogens (primary N) is 1. The van der Waals surface area contributed by atoms with E-state index in [-0.39, 0.29) is 0 Å². The molecule has 0 spiro atoms. The third-order valence-corrected chi connectivity index (χ3v) is 3.23. The van der Waals surface area contributed by atoms with E-state index in [2.05, 4.69) is 36.2 Å². The van der Waals surface area contributed by atoms with Gasteiger partial charge in [0.2, 0.25) is 5.95 Å². The summed E-state index contributed by atoms with van der Waals surface area (Å²) in [6, 6.07) is 17.3. The maximum atomic E-state index is 5.36. The molecule has 0 bridgehead atoms. The van der Waals surface area contributed by atoms with E-state index in [0.717, 1.165) is 15.8 Å². The van der Waals surface area contributed by atoms with Gasteiger partial charge < -0.3 is 11.1 Å². The second kappa shape index (κ2) is 8.24. The van der Waals surface area contributed by atoms with Crippen molar-refractivity contribution in [1.82, 2.24) is 15.0 Å². The zero-order chi connectivity index (χ0) is 16.7. The SMILES string of the molecule is Cc1nc(C)nc(Nc2cccc(Br)c2)n1.Nc1ccccc1. The highest BCUT2D eigenvalue weighted by Crippen LogP contribution is 2.18. The summed E-state index contributed by atoms with van der Waals surface area (Å²) in [5.41, 5.74) is 7.12. The normalized spacial score (nSPS) is 9.70. The number of hydrogen-bond acceptors (Lipinski definition) is 5. The molecular weight excluding hydrogens is 354 g/mol. The van der Waals surface area contributed by atoms with E-state index in [4.69, 9.17) is 5.73 Å². The minimum atomic E-state index is 0.572. The fourth-order valence-electron chi connectivity index (χ4n) is 1.82. The van der Waals surface area contributed by atoms with Crippen molar-refractivity contribution in [1.29, 1.82) is 0 Å². The Morgan fingerprint density at radius 3 is 2.04 bits per heavy atom. The van der Waals surface area contributed by atoms with Gasteiger partial charge in [0.25, 0.3) is 0 Å². The van der Waals surface area contributed by atoms with Gasteiger partial charge in [-0.1, -0.05) is 40.2 Å². The van der Waals surface area contributed by atoms with Gasteiger partial charge in [-0.2, -0.15) is 9.97 Å². The molecule has 0 saturated carbocycles. The van der Waals surface area contributed by atoms with Crippen LogP contribution in [0.5, 0.6) is 0 Å². The van der Waals surface area contributed by atoms with Crippen LogP contribution >= 0.6 is 15.9 Å². The molecule has 6 heteroatoms. The lowest BCUT2D eigenvalue weighted by Crippen LogP contribution is -2.02. The van der Waals surface area contributed by atoms with E-state index in [1.807, 2.05) is 68.4 Å². The first kappa shape index (κ1) is 16.9. The number of benzene rings is 2. The Balaban J connectivity index is 0.000000229. The molecule has 0 fully saturated rings. The first-order chi connectivity index (χ1) is 11.0. The summed E-state index contributed by atoms with van der Waals surface area (Å²) in [5, 5.41) is 3.13. The molecule has 0 saturated heterocycles. The zero-order valence-corrected chi connectivity index (χ0v) is 14.6. The highest BCUT2D eigenvalue weighted by atomic mass is 79.9. The summed E-state index contributed by atoms with van der Waals surface area (Å²) in [5.74, 6) is 2.00. The van der Waals surface area contributed by atoms with Crippen molar-refractivity contribution in [2.45, 2.75) is 13.8 Å². The minimum Gasteiger partial charge on any atom is -0.399 e. The van der Waals surface area contributed by atoms with Crippen LogP contribution in [0.25, 0.3) is 0 Å². The van der Waals surface area contributed by atoms with Crippen LogP contribution in [0.1, 0.15) is 11.6 Å². The molecule has 3 aromatic rings. The molecule has 3 N–H and O–H groups in total. The molecule has 5 nitrogen and oxygen atoms in total. The Hall–Kier alpha value is -2.47. The second-order valence-corrected chi connectivity index (χ2v) is 5.72. The molecule has 0 aliphatic rings. The molecule has 3 rings (SSSR count). The number of nitrogens with zero attached hydrogens (tertiary/aromatic N) is 3. The summed E-state index contributed by atoms with van der Waals surface area (Å²) in [4.78, 5) is 12.5. The number of aromatic nitrogens is 3. The summed E-state index contributed by atoms with van der Waals surface area (Å²) >= 11 is 3.41. The lowest BCUT2D eigenvalue weighted by atomic mass is 10.3. The number of halogens is 1. The average Bonchev–Trinajstić information content (AvgIpc) is 2.47. The lowest BCUT2D eigenvalue weighted by Gasteiger charge is -2.06. The van der Waals surface area contributed by atoms with Crippen LogP contribution in [0.15, 0.2) is 59.1 Å². The number of anilines is 3. The van der Waals surface area contributed by atoms with Gasteiger partial charge in [0.05, 0.1) is 0 Å². The molecule has 2 aromatic carbocycles. The molecule has 0 radical (unpaired) electrons. The smallest absolute Gasteiger partial charge is 0.230 e. The van der Waals surface area contributed by atoms with Crippen LogP contribution in [-0.2, 0) is 0 Å². The van der Waals surface area contributed by atoms with Gasteiger partial charge in [-0.15, -0.1) is 0 Å². The second-order valence-electron chi connectivity index (χ2n) is 4.80. The maximum Gasteiger partial charge on any atom is 0.230 e.